The lowest BCUT2D eigenvalue weighted by Crippen LogP contribution is -2.15. The largest absolute Gasteiger partial charge is 0.507 e. The zero-order chi connectivity index (χ0) is 31.3. The normalized spacial score (nSPS) is 13.3. The third-order valence-corrected chi connectivity index (χ3v) is 7.40. The summed E-state index contributed by atoms with van der Waals surface area (Å²) in [6.45, 7) is 0. The van der Waals surface area contributed by atoms with Gasteiger partial charge in [-0.25, -0.2) is 0 Å². The molecule has 0 fully saturated rings. The summed E-state index contributed by atoms with van der Waals surface area (Å²) in [5.41, 5.74) is 2.66. The van der Waals surface area contributed by atoms with Gasteiger partial charge in [-0.3, -0.25) is 4.79 Å². The highest BCUT2D eigenvalue weighted by Crippen LogP contribution is 2.36. The Labute approximate surface area is 265 Å². The van der Waals surface area contributed by atoms with E-state index in [2.05, 4.69) is 20.5 Å². The first-order valence-corrected chi connectivity index (χ1v) is 14.6. The van der Waals surface area contributed by atoms with Gasteiger partial charge in [0, 0.05) is 21.5 Å². The third-order valence-electron chi connectivity index (χ3n) is 7.40. The van der Waals surface area contributed by atoms with Crippen LogP contribution in [0.1, 0.15) is 6.42 Å². The van der Waals surface area contributed by atoms with Gasteiger partial charge in [0.15, 0.2) is 0 Å². The first kappa shape index (κ1) is 28.6. The number of phenols is 1. The number of phenolic OH excluding ortho intramolecular Hbond substituents is 1. The van der Waals surface area contributed by atoms with Crippen molar-refractivity contribution in [2.45, 2.75) is 6.42 Å². The third kappa shape index (κ3) is 6.23. The van der Waals surface area contributed by atoms with E-state index in [-0.39, 0.29) is 11.7 Å². The topological polar surface area (TPSA) is 105 Å². The number of azo groups is 2. The van der Waals surface area contributed by atoms with Crippen LogP contribution in [-0.4, -0.2) is 11.1 Å². The minimum absolute atomic E-state index is 0.210. The van der Waals surface area contributed by atoms with Crippen LogP contribution in [0.5, 0.6) is 23.0 Å². The van der Waals surface area contributed by atoms with Crippen molar-refractivity contribution < 1.29 is 19.4 Å². The van der Waals surface area contributed by atoms with Crippen LogP contribution in [0.2, 0.25) is 0 Å². The van der Waals surface area contributed by atoms with E-state index >= 15 is 0 Å². The molecule has 1 N–H and O–H groups in total. The number of aromatic hydroxyl groups is 1. The average Bonchev–Trinajstić information content (AvgIpc) is 3.65. The molecule has 6 aromatic carbocycles. The fourth-order valence-corrected chi connectivity index (χ4v) is 5.08. The Morgan fingerprint density at radius 2 is 1.13 bits per heavy atom. The molecule has 8 nitrogen and oxygen atoms in total. The predicted octanol–water partition coefficient (Wildman–Crippen LogP) is 11.0. The predicted molar refractivity (Wildman–Crippen MR) is 178 cm³/mol. The molecule has 0 spiro atoms. The number of hydrogen-bond acceptors (Lipinski definition) is 8. The Balaban J connectivity index is 1.00. The summed E-state index contributed by atoms with van der Waals surface area (Å²) in [6.07, 6.45) is 6.28. The van der Waals surface area contributed by atoms with E-state index in [1.807, 2.05) is 110 Å². The van der Waals surface area contributed by atoms with Crippen molar-refractivity contribution in [3.63, 3.8) is 0 Å². The van der Waals surface area contributed by atoms with Crippen LogP contribution in [-0.2, 0) is 4.79 Å². The van der Waals surface area contributed by atoms with Crippen LogP contribution in [0, 0.1) is 12.3 Å². The second kappa shape index (κ2) is 12.8. The molecule has 0 bridgehead atoms. The molecule has 46 heavy (non-hydrogen) atoms. The van der Waals surface area contributed by atoms with Crippen LogP contribution in [0.4, 0.5) is 22.7 Å². The number of allylic oxidation sites excluding steroid dienone is 1. The number of carbonyl (C=O) groups excluding carboxylic acids is 1. The maximum atomic E-state index is 12.5. The molecular formula is C38H26N4O4. The second-order valence-corrected chi connectivity index (χ2v) is 10.5. The maximum Gasteiger partial charge on any atom is 0.323 e. The highest BCUT2D eigenvalue weighted by atomic mass is 16.5. The molecule has 7 rings (SSSR count). The number of carbonyl (C=O) groups is 1. The number of hydrogen-bond donors (Lipinski definition) is 1. The lowest BCUT2D eigenvalue weighted by Gasteiger charge is -2.11. The summed E-state index contributed by atoms with van der Waals surface area (Å²) in [6, 6.07) is 36.6. The monoisotopic (exact) mass is 602 g/mol. The molecule has 2 radical (unpaired) electrons. The zero-order valence-corrected chi connectivity index (χ0v) is 24.4. The second-order valence-electron chi connectivity index (χ2n) is 10.5. The SMILES string of the molecule is O=C(Oc1ccc(N=Nc2ccc(Oc3ccc(N=Nc4ccc(O)c5ccccc45)cc3)cc2)c2ccccc12)[C]1[CH]CC=C1. The summed E-state index contributed by atoms with van der Waals surface area (Å²) in [5, 5.41) is 30.9. The highest BCUT2D eigenvalue weighted by molar-refractivity contribution is 6.00. The van der Waals surface area contributed by atoms with Crippen LogP contribution in [0.3, 0.4) is 0 Å². The van der Waals surface area contributed by atoms with E-state index in [9.17, 15) is 9.90 Å². The lowest BCUT2D eigenvalue weighted by atomic mass is 10.1. The van der Waals surface area contributed by atoms with Gasteiger partial charge < -0.3 is 14.6 Å². The lowest BCUT2D eigenvalue weighted by molar-refractivity contribution is -0.131. The van der Waals surface area contributed by atoms with Crippen molar-refractivity contribution in [3.05, 3.63) is 146 Å². The van der Waals surface area contributed by atoms with E-state index in [0.29, 0.717) is 45.9 Å². The van der Waals surface area contributed by atoms with Gasteiger partial charge in [-0.15, -0.1) is 10.2 Å². The first-order chi connectivity index (χ1) is 22.6. The van der Waals surface area contributed by atoms with Gasteiger partial charge in [-0.05, 0) is 85.6 Å². The van der Waals surface area contributed by atoms with Crippen LogP contribution in [0.25, 0.3) is 21.5 Å². The summed E-state index contributed by atoms with van der Waals surface area (Å²) < 4.78 is 11.7. The van der Waals surface area contributed by atoms with E-state index in [4.69, 9.17) is 9.47 Å². The first-order valence-electron chi connectivity index (χ1n) is 14.6. The molecule has 0 saturated heterocycles. The quantitative estimate of drug-likeness (QED) is 0.106. The molecule has 0 aromatic heterocycles. The molecule has 0 atom stereocenters. The Bertz CT molecular complexity index is 2140. The van der Waals surface area contributed by atoms with Crippen LogP contribution >= 0.6 is 0 Å². The fraction of sp³-hybridized carbons (Fsp3) is 0.0263. The molecule has 6 aromatic rings. The Morgan fingerprint density at radius 1 is 0.587 bits per heavy atom. The van der Waals surface area contributed by atoms with Gasteiger partial charge in [0.1, 0.15) is 28.9 Å². The average molecular weight is 603 g/mol. The van der Waals surface area contributed by atoms with Gasteiger partial charge in [0.2, 0.25) is 0 Å². The van der Waals surface area contributed by atoms with E-state index in [1.54, 1.807) is 30.3 Å². The van der Waals surface area contributed by atoms with Gasteiger partial charge in [-0.2, -0.15) is 10.2 Å². The minimum Gasteiger partial charge on any atom is -0.507 e. The van der Waals surface area contributed by atoms with Crippen molar-refractivity contribution in [1.82, 2.24) is 0 Å². The summed E-state index contributed by atoms with van der Waals surface area (Å²) >= 11 is 0. The van der Waals surface area contributed by atoms with Crippen LogP contribution < -0.4 is 9.47 Å². The molecular weight excluding hydrogens is 576 g/mol. The van der Waals surface area contributed by atoms with E-state index in [1.165, 1.54) is 0 Å². The van der Waals surface area contributed by atoms with Gasteiger partial charge in [0.25, 0.3) is 0 Å². The molecule has 1 aliphatic carbocycles. The molecule has 0 unspecified atom stereocenters. The summed E-state index contributed by atoms with van der Waals surface area (Å²) in [5.74, 6) is 2.16. The smallest absolute Gasteiger partial charge is 0.323 e. The fourth-order valence-electron chi connectivity index (χ4n) is 5.08. The number of benzene rings is 6. The van der Waals surface area contributed by atoms with Gasteiger partial charge >= 0.3 is 5.97 Å². The number of esters is 1. The van der Waals surface area contributed by atoms with Crippen LogP contribution in [0.15, 0.2) is 154 Å². The molecule has 0 saturated carbocycles. The molecule has 222 valence electrons. The standard InChI is InChI=1S/C38H26N4O4/c43-36-23-21-34(30-9-3-5-11-32(30)36)41-39-26-13-17-28(18-14-26)45-29-19-15-27(16-20-29)40-42-35-22-24-37(33-12-6-4-10-31(33)35)46-38(44)25-7-1-2-8-25/h1,3-24,43H,2H2. The molecule has 0 heterocycles. The number of fused-ring (bicyclic) bond motifs is 2. The Hall–Kier alpha value is -6.15. The van der Waals surface area contributed by atoms with Crippen molar-refractivity contribution in [3.8, 4) is 23.0 Å². The Kier molecular flexibility index (Phi) is 7.98. The van der Waals surface area contributed by atoms with E-state index in [0.717, 1.165) is 28.0 Å². The number of rotatable bonds is 8. The van der Waals surface area contributed by atoms with Gasteiger partial charge in [-0.1, -0.05) is 60.7 Å². The van der Waals surface area contributed by atoms with Gasteiger partial charge in [0.05, 0.1) is 22.7 Å². The Morgan fingerprint density at radius 3 is 1.72 bits per heavy atom. The molecule has 1 aliphatic rings. The molecule has 8 heteroatoms. The van der Waals surface area contributed by atoms with Crippen molar-refractivity contribution in [2.24, 2.45) is 20.5 Å². The van der Waals surface area contributed by atoms with Crippen molar-refractivity contribution >= 4 is 50.3 Å². The van der Waals surface area contributed by atoms with Crippen molar-refractivity contribution in [1.29, 1.82) is 0 Å². The summed E-state index contributed by atoms with van der Waals surface area (Å²) in [4.78, 5) is 12.5. The number of nitrogens with zero attached hydrogens (tertiary/aromatic N) is 4. The van der Waals surface area contributed by atoms with E-state index < -0.39 is 0 Å². The summed E-state index contributed by atoms with van der Waals surface area (Å²) in [7, 11) is 0. The number of ether oxygens (including phenoxy) is 2. The molecule has 0 aliphatic heterocycles. The minimum atomic E-state index is -0.378. The maximum absolute atomic E-state index is 12.5. The zero-order valence-electron chi connectivity index (χ0n) is 24.4. The van der Waals surface area contributed by atoms with Crippen molar-refractivity contribution in [2.75, 3.05) is 0 Å². The highest BCUT2D eigenvalue weighted by Gasteiger charge is 2.22. The molecule has 0 amide bonds.